The number of carbonyl (C=O) groups is 1. The third kappa shape index (κ3) is 2.74. The molecule has 0 aliphatic heterocycles. The quantitative estimate of drug-likeness (QED) is 0.688. The van der Waals surface area contributed by atoms with Crippen molar-refractivity contribution in [3.05, 3.63) is 60.3 Å². The van der Waals surface area contributed by atoms with Crippen LogP contribution in [0.15, 0.2) is 54.6 Å². The summed E-state index contributed by atoms with van der Waals surface area (Å²) < 4.78 is 4.95. The number of ether oxygens (including phenoxy) is 1. The monoisotopic (exact) mass is 278 g/mol. The molecule has 4 nitrogen and oxygen atoms in total. The van der Waals surface area contributed by atoms with Gasteiger partial charge in [-0.15, -0.1) is 10.2 Å². The first-order valence-corrected chi connectivity index (χ1v) is 6.78. The number of rotatable bonds is 3. The Hall–Kier alpha value is -2.75. The van der Waals surface area contributed by atoms with Crippen LogP contribution in [0.1, 0.15) is 17.4 Å². The van der Waals surface area contributed by atoms with Crippen molar-refractivity contribution in [1.82, 2.24) is 10.2 Å². The summed E-state index contributed by atoms with van der Waals surface area (Å²) in [7, 11) is 0. The molecule has 0 amide bonds. The largest absolute Gasteiger partial charge is 0.461 e. The zero-order valence-electron chi connectivity index (χ0n) is 11.6. The van der Waals surface area contributed by atoms with Gasteiger partial charge in [0.05, 0.1) is 12.1 Å². The van der Waals surface area contributed by atoms with E-state index in [0.717, 1.165) is 22.0 Å². The zero-order chi connectivity index (χ0) is 14.7. The van der Waals surface area contributed by atoms with E-state index in [-0.39, 0.29) is 5.69 Å². The second-order valence-corrected chi connectivity index (χ2v) is 4.59. The van der Waals surface area contributed by atoms with E-state index in [0.29, 0.717) is 6.61 Å². The van der Waals surface area contributed by atoms with Crippen LogP contribution in [0.4, 0.5) is 0 Å². The predicted molar refractivity (Wildman–Crippen MR) is 80.9 cm³/mol. The van der Waals surface area contributed by atoms with Gasteiger partial charge in [0, 0.05) is 5.39 Å². The maximum absolute atomic E-state index is 11.7. The van der Waals surface area contributed by atoms with E-state index in [1.54, 1.807) is 13.0 Å². The number of benzene rings is 2. The Morgan fingerprint density at radius 3 is 2.57 bits per heavy atom. The highest BCUT2D eigenvalue weighted by Gasteiger charge is 2.10. The Kier molecular flexibility index (Phi) is 3.60. The van der Waals surface area contributed by atoms with Crippen molar-refractivity contribution in [3.8, 4) is 11.1 Å². The van der Waals surface area contributed by atoms with Crippen LogP contribution in [0.2, 0.25) is 0 Å². The van der Waals surface area contributed by atoms with Crippen molar-refractivity contribution in [2.45, 2.75) is 6.92 Å². The number of hydrogen-bond donors (Lipinski definition) is 0. The van der Waals surface area contributed by atoms with Gasteiger partial charge < -0.3 is 4.74 Å². The molecule has 0 unspecified atom stereocenters. The summed E-state index contributed by atoms with van der Waals surface area (Å²) in [5.41, 5.74) is 3.18. The maximum Gasteiger partial charge on any atom is 0.358 e. The Labute approximate surface area is 122 Å². The fourth-order valence-corrected chi connectivity index (χ4v) is 2.16. The molecule has 0 saturated heterocycles. The molecule has 0 saturated carbocycles. The molecule has 1 heterocycles. The minimum Gasteiger partial charge on any atom is -0.461 e. The molecular formula is C17H14N2O2. The molecule has 0 N–H and O–H groups in total. The Morgan fingerprint density at radius 2 is 1.81 bits per heavy atom. The van der Waals surface area contributed by atoms with Crippen LogP contribution in [0.5, 0.6) is 0 Å². The predicted octanol–water partition coefficient (Wildman–Crippen LogP) is 3.47. The van der Waals surface area contributed by atoms with Crippen molar-refractivity contribution in [2.75, 3.05) is 6.61 Å². The third-order valence-corrected chi connectivity index (χ3v) is 3.18. The number of fused-ring (bicyclic) bond motifs is 1. The van der Waals surface area contributed by atoms with Crippen LogP contribution < -0.4 is 0 Å². The van der Waals surface area contributed by atoms with Gasteiger partial charge in [0.25, 0.3) is 0 Å². The average Bonchev–Trinajstić information content (AvgIpc) is 2.55. The maximum atomic E-state index is 11.7. The van der Waals surface area contributed by atoms with Gasteiger partial charge in [0.15, 0.2) is 5.69 Å². The van der Waals surface area contributed by atoms with Crippen LogP contribution >= 0.6 is 0 Å². The first-order chi connectivity index (χ1) is 10.3. The molecule has 0 aliphatic carbocycles. The minimum atomic E-state index is -0.447. The topological polar surface area (TPSA) is 52.1 Å². The van der Waals surface area contributed by atoms with Crippen molar-refractivity contribution in [1.29, 1.82) is 0 Å². The van der Waals surface area contributed by atoms with Gasteiger partial charge in [-0.3, -0.25) is 0 Å². The lowest BCUT2D eigenvalue weighted by Gasteiger charge is -2.05. The van der Waals surface area contributed by atoms with Crippen LogP contribution in [0, 0.1) is 0 Å². The van der Waals surface area contributed by atoms with E-state index >= 15 is 0 Å². The smallest absolute Gasteiger partial charge is 0.358 e. The van der Waals surface area contributed by atoms with E-state index < -0.39 is 5.97 Å². The molecule has 3 rings (SSSR count). The van der Waals surface area contributed by atoms with Gasteiger partial charge in [-0.25, -0.2) is 4.79 Å². The van der Waals surface area contributed by atoms with Crippen molar-refractivity contribution >= 4 is 16.9 Å². The number of aromatic nitrogens is 2. The highest BCUT2D eigenvalue weighted by Crippen LogP contribution is 2.23. The average molecular weight is 278 g/mol. The van der Waals surface area contributed by atoms with Crippen LogP contribution in [-0.2, 0) is 4.74 Å². The molecule has 3 aromatic rings. The summed E-state index contributed by atoms with van der Waals surface area (Å²) in [4.78, 5) is 11.7. The van der Waals surface area contributed by atoms with E-state index in [1.165, 1.54) is 0 Å². The van der Waals surface area contributed by atoms with Crippen molar-refractivity contribution in [2.24, 2.45) is 0 Å². The summed E-state index contributed by atoms with van der Waals surface area (Å²) in [6.07, 6.45) is 0. The zero-order valence-corrected chi connectivity index (χ0v) is 11.6. The van der Waals surface area contributed by atoms with E-state index in [1.807, 2.05) is 48.5 Å². The van der Waals surface area contributed by atoms with E-state index in [4.69, 9.17) is 4.74 Å². The van der Waals surface area contributed by atoms with Gasteiger partial charge in [0.2, 0.25) is 0 Å². The normalized spacial score (nSPS) is 10.5. The Bertz CT molecular complexity index is 785. The third-order valence-electron chi connectivity index (χ3n) is 3.18. The summed E-state index contributed by atoms with van der Waals surface area (Å²) in [6.45, 7) is 2.09. The minimum absolute atomic E-state index is 0.231. The summed E-state index contributed by atoms with van der Waals surface area (Å²) in [5, 5.41) is 8.84. The first-order valence-electron chi connectivity index (χ1n) is 6.78. The first kappa shape index (κ1) is 13.2. The lowest BCUT2D eigenvalue weighted by atomic mass is 10.0. The van der Waals surface area contributed by atoms with Crippen molar-refractivity contribution < 1.29 is 9.53 Å². The van der Waals surface area contributed by atoms with Crippen LogP contribution in [-0.4, -0.2) is 22.8 Å². The molecular weight excluding hydrogens is 264 g/mol. The molecule has 21 heavy (non-hydrogen) atoms. The van der Waals surface area contributed by atoms with Gasteiger partial charge >= 0.3 is 5.97 Å². The molecule has 0 fully saturated rings. The number of hydrogen-bond acceptors (Lipinski definition) is 4. The lowest BCUT2D eigenvalue weighted by molar-refractivity contribution is 0.0518. The molecule has 1 aromatic heterocycles. The summed E-state index contributed by atoms with van der Waals surface area (Å²) in [5.74, 6) is -0.447. The fourth-order valence-electron chi connectivity index (χ4n) is 2.16. The lowest BCUT2D eigenvalue weighted by Crippen LogP contribution is -2.07. The Balaban J connectivity index is 2.05. The molecule has 104 valence electrons. The standard InChI is InChI=1S/C17H14N2O2/c1-2-21-17(20)16-11-14-10-13(8-9-15(14)18-19-16)12-6-4-3-5-7-12/h3-11H,2H2,1H3. The number of esters is 1. The van der Waals surface area contributed by atoms with Crippen LogP contribution in [0.25, 0.3) is 22.0 Å². The Morgan fingerprint density at radius 1 is 1.00 bits per heavy atom. The summed E-state index contributed by atoms with van der Waals surface area (Å²) >= 11 is 0. The highest BCUT2D eigenvalue weighted by molar-refractivity contribution is 5.92. The van der Waals surface area contributed by atoms with Gasteiger partial charge in [-0.2, -0.15) is 0 Å². The van der Waals surface area contributed by atoms with Crippen molar-refractivity contribution in [3.63, 3.8) is 0 Å². The SMILES string of the molecule is CCOC(=O)c1cc2cc(-c3ccccc3)ccc2nn1. The molecule has 0 bridgehead atoms. The second-order valence-electron chi connectivity index (χ2n) is 4.59. The summed E-state index contributed by atoms with van der Waals surface area (Å²) in [6, 6.07) is 17.7. The van der Waals surface area contributed by atoms with Gasteiger partial charge in [-0.05, 0) is 36.2 Å². The molecule has 2 aromatic carbocycles. The second kappa shape index (κ2) is 5.71. The molecule has 0 atom stereocenters. The highest BCUT2D eigenvalue weighted by atomic mass is 16.5. The van der Waals surface area contributed by atoms with Crippen LogP contribution in [0.3, 0.4) is 0 Å². The number of carbonyl (C=O) groups excluding carboxylic acids is 1. The number of nitrogens with zero attached hydrogens (tertiary/aromatic N) is 2. The molecule has 0 aliphatic rings. The van der Waals surface area contributed by atoms with Gasteiger partial charge in [-0.1, -0.05) is 36.4 Å². The van der Waals surface area contributed by atoms with Gasteiger partial charge in [0.1, 0.15) is 0 Å². The molecule has 0 radical (unpaired) electrons. The van der Waals surface area contributed by atoms with E-state index in [2.05, 4.69) is 10.2 Å². The molecule has 4 heteroatoms. The fraction of sp³-hybridized carbons (Fsp3) is 0.118. The van der Waals surface area contributed by atoms with E-state index in [9.17, 15) is 4.79 Å². The molecule has 0 spiro atoms.